The first-order chi connectivity index (χ1) is 13.4. The third kappa shape index (κ3) is 4.43. The van der Waals surface area contributed by atoms with E-state index in [0.29, 0.717) is 22.8 Å². The number of benzene rings is 1. The number of nitrogens with two attached hydrogens (primary N) is 1. The molecule has 8 heteroatoms. The van der Waals surface area contributed by atoms with Crippen molar-refractivity contribution in [3.05, 3.63) is 24.3 Å². The molecule has 0 aliphatic heterocycles. The molecule has 1 fully saturated rings. The largest absolute Gasteiger partial charge is 0.497 e. The van der Waals surface area contributed by atoms with Crippen molar-refractivity contribution in [2.75, 3.05) is 13.0 Å². The number of hydrogen-bond acceptors (Lipinski definition) is 6. The summed E-state index contributed by atoms with van der Waals surface area (Å²) in [5, 5.41) is 11.8. The number of thioether (sulfide) groups is 1. The average Bonchev–Trinajstić information content (AvgIpc) is 3.05. The summed E-state index contributed by atoms with van der Waals surface area (Å²) in [6, 6.07) is 7.69. The molecule has 3 rings (SSSR count). The molecular weight excluding hydrogens is 374 g/mol. The molecule has 4 atom stereocenters. The summed E-state index contributed by atoms with van der Waals surface area (Å²) in [6.07, 6.45) is 3.45. The molecule has 0 radical (unpaired) electrons. The van der Waals surface area contributed by atoms with E-state index in [2.05, 4.69) is 29.4 Å². The van der Waals surface area contributed by atoms with Crippen LogP contribution in [0.25, 0.3) is 11.4 Å². The van der Waals surface area contributed by atoms with Gasteiger partial charge in [0.2, 0.25) is 11.1 Å². The minimum absolute atomic E-state index is 0.0185. The van der Waals surface area contributed by atoms with Gasteiger partial charge in [-0.05, 0) is 49.4 Å². The lowest BCUT2D eigenvalue weighted by atomic mass is 9.78. The smallest absolute Gasteiger partial charge is 0.233 e. The number of carbonyl (C=O) groups excluding carboxylic acids is 1. The van der Waals surface area contributed by atoms with Crippen molar-refractivity contribution < 1.29 is 9.53 Å². The monoisotopic (exact) mass is 403 g/mol. The summed E-state index contributed by atoms with van der Waals surface area (Å²) in [6.45, 7) is 6.36. The number of ether oxygens (including phenoxy) is 1. The van der Waals surface area contributed by atoms with Gasteiger partial charge < -0.3 is 15.9 Å². The fourth-order valence-electron chi connectivity index (χ4n) is 3.59. The molecule has 1 aliphatic carbocycles. The second-order valence-electron chi connectivity index (χ2n) is 7.55. The standard InChI is InChI=1S/C20H29N5O2S/c1-12-6-5-7-17(13(12)2)22-19(26)14(3)28-20-24-23-18(25(20)21)15-8-10-16(27-4)11-9-15/h8-14,17H,5-7,21H2,1-4H3,(H,22,26)/t12-,13+,14+,17-/m0/s1. The topological polar surface area (TPSA) is 95.1 Å². The zero-order valence-corrected chi connectivity index (χ0v) is 17.7. The molecule has 1 heterocycles. The number of nitrogens with zero attached hydrogens (tertiary/aromatic N) is 3. The van der Waals surface area contributed by atoms with Gasteiger partial charge in [0.1, 0.15) is 5.75 Å². The number of aromatic nitrogens is 3. The van der Waals surface area contributed by atoms with Gasteiger partial charge in [0, 0.05) is 11.6 Å². The second-order valence-corrected chi connectivity index (χ2v) is 8.86. The van der Waals surface area contributed by atoms with Crippen molar-refractivity contribution in [1.29, 1.82) is 0 Å². The van der Waals surface area contributed by atoms with E-state index in [1.54, 1.807) is 7.11 Å². The van der Waals surface area contributed by atoms with Gasteiger partial charge in [-0.3, -0.25) is 4.79 Å². The van der Waals surface area contributed by atoms with E-state index in [0.717, 1.165) is 17.7 Å². The van der Waals surface area contributed by atoms with Crippen LogP contribution in [-0.4, -0.2) is 39.2 Å². The Bertz CT molecular complexity index is 807. The fourth-order valence-corrected chi connectivity index (χ4v) is 4.37. The number of rotatable bonds is 6. The van der Waals surface area contributed by atoms with Crippen LogP contribution in [0.3, 0.4) is 0 Å². The van der Waals surface area contributed by atoms with E-state index < -0.39 is 0 Å². The van der Waals surface area contributed by atoms with Gasteiger partial charge in [-0.1, -0.05) is 38.5 Å². The van der Waals surface area contributed by atoms with E-state index in [1.807, 2.05) is 31.2 Å². The number of nitrogen functional groups attached to an aromatic ring is 1. The van der Waals surface area contributed by atoms with Crippen LogP contribution in [0.2, 0.25) is 0 Å². The number of amides is 1. The first-order valence-corrected chi connectivity index (χ1v) is 10.6. The van der Waals surface area contributed by atoms with E-state index in [4.69, 9.17) is 10.6 Å². The summed E-state index contributed by atoms with van der Waals surface area (Å²) < 4.78 is 6.61. The number of methoxy groups -OCH3 is 1. The van der Waals surface area contributed by atoms with Gasteiger partial charge >= 0.3 is 0 Å². The van der Waals surface area contributed by atoms with Crippen molar-refractivity contribution in [3.8, 4) is 17.1 Å². The molecule has 2 aromatic rings. The van der Waals surface area contributed by atoms with Crippen molar-refractivity contribution in [2.45, 2.75) is 56.5 Å². The lowest BCUT2D eigenvalue weighted by molar-refractivity contribution is -0.121. The Morgan fingerprint density at radius 3 is 2.68 bits per heavy atom. The van der Waals surface area contributed by atoms with Gasteiger partial charge in [-0.25, -0.2) is 4.68 Å². The molecule has 152 valence electrons. The SMILES string of the molecule is COc1ccc(-c2nnc(S[C@H](C)C(=O)N[C@H]3CCC[C@H](C)[C@H]3C)n2N)cc1. The summed E-state index contributed by atoms with van der Waals surface area (Å²) in [5.74, 6) is 8.65. The highest BCUT2D eigenvalue weighted by Crippen LogP contribution is 2.30. The average molecular weight is 404 g/mol. The lowest BCUT2D eigenvalue weighted by Crippen LogP contribution is -2.46. The van der Waals surface area contributed by atoms with Gasteiger partial charge in [-0.2, -0.15) is 0 Å². The first kappa shape index (κ1) is 20.5. The van der Waals surface area contributed by atoms with Crippen LogP contribution < -0.4 is 15.9 Å². The van der Waals surface area contributed by atoms with Crippen LogP contribution in [0.15, 0.2) is 29.4 Å². The molecule has 0 unspecified atom stereocenters. The van der Waals surface area contributed by atoms with Crippen molar-refractivity contribution in [2.24, 2.45) is 11.8 Å². The van der Waals surface area contributed by atoms with Crippen molar-refractivity contribution in [3.63, 3.8) is 0 Å². The lowest BCUT2D eigenvalue weighted by Gasteiger charge is -2.35. The zero-order chi connectivity index (χ0) is 20.3. The third-order valence-corrected chi connectivity index (χ3v) is 6.76. The molecular formula is C20H29N5O2S. The van der Waals surface area contributed by atoms with Crippen molar-refractivity contribution in [1.82, 2.24) is 20.2 Å². The molecule has 1 aromatic carbocycles. The van der Waals surface area contributed by atoms with Crippen LogP contribution in [-0.2, 0) is 4.79 Å². The maximum atomic E-state index is 12.7. The summed E-state index contributed by atoms with van der Waals surface area (Å²) in [4.78, 5) is 12.7. The predicted molar refractivity (Wildman–Crippen MR) is 112 cm³/mol. The first-order valence-electron chi connectivity index (χ1n) is 9.72. The molecule has 0 bridgehead atoms. The van der Waals surface area contributed by atoms with E-state index in [9.17, 15) is 4.79 Å². The minimum Gasteiger partial charge on any atom is -0.497 e. The molecule has 1 aromatic heterocycles. The molecule has 0 spiro atoms. The quantitative estimate of drug-likeness (QED) is 0.568. The maximum Gasteiger partial charge on any atom is 0.233 e. The molecule has 1 saturated carbocycles. The van der Waals surface area contributed by atoms with E-state index in [-0.39, 0.29) is 17.2 Å². The number of carbonyl (C=O) groups is 1. The number of hydrogen-bond donors (Lipinski definition) is 2. The maximum absolute atomic E-state index is 12.7. The van der Waals surface area contributed by atoms with E-state index in [1.165, 1.54) is 29.3 Å². The molecule has 1 aliphatic rings. The van der Waals surface area contributed by atoms with Gasteiger partial charge in [0.25, 0.3) is 0 Å². The van der Waals surface area contributed by atoms with Crippen LogP contribution in [0.5, 0.6) is 5.75 Å². The van der Waals surface area contributed by atoms with Gasteiger partial charge in [0.05, 0.1) is 12.4 Å². The normalized spacial score (nSPS) is 23.2. The minimum atomic E-state index is -0.306. The van der Waals surface area contributed by atoms with Gasteiger partial charge in [-0.15, -0.1) is 10.2 Å². The van der Waals surface area contributed by atoms with Crippen molar-refractivity contribution >= 4 is 17.7 Å². The molecule has 0 saturated heterocycles. The Morgan fingerprint density at radius 2 is 2.00 bits per heavy atom. The summed E-state index contributed by atoms with van der Waals surface area (Å²) >= 11 is 1.32. The van der Waals surface area contributed by atoms with E-state index >= 15 is 0 Å². The second kappa shape index (κ2) is 8.86. The zero-order valence-electron chi connectivity index (χ0n) is 16.9. The summed E-state index contributed by atoms with van der Waals surface area (Å²) in [7, 11) is 1.62. The molecule has 1 amide bonds. The highest BCUT2D eigenvalue weighted by molar-refractivity contribution is 8.00. The molecule has 3 N–H and O–H groups in total. The number of nitrogens with one attached hydrogen (secondary N) is 1. The fraction of sp³-hybridized carbons (Fsp3) is 0.550. The Kier molecular flexibility index (Phi) is 6.49. The Morgan fingerprint density at radius 1 is 1.29 bits per heavy atom. The highest BCUT2D eigenvalue weighted by Gasteiger charge is 2.30. The Labute approximate surface area is 170 Å². The Balaban J connectivity index is 1.64. The highest BCUT2D eigenvalue weighted by atomic mass is 32.2. The molecule has 28 heavy (non-hydrogen) atoms. The summed E-state index contributed by atoms with van der Waals surface area (Å²) in [5.41, 5.74) is 0.838. The Hall–Kier alpha value is -2.22. The van der Waals surface area contributed by atoms with Crippen LogP contribution in [0.4, 0.5) is 0 Å². The van der Waals surface area contributed by atoms with Crippen LogP contribution in [0.1, 0.15) is 40.0 Å². The van der Waals surface area contributed by atoms with Crippen LogP contribution in [0, 0.1) is 11.8 Å². The van der Waals surface area contributed by atoms with Crippen LogP contribution >= 0.6 is 11.8 Å². The predicted octanol–water partition coefficient (Wildman–Crippen LogP) is 3.09. The third-order valence-electron chi connectivity index (χ3n) is 5.70. The molecule has 7 nitrogen and oxygen atoms in total. The van der Waals surface area contributed by atoms with Gasteiger partial charge in [0.15, 0.2) is 5.82 Å².